The standard InChI is InChI=1S/C12H17F3N2O/c1-9(2)6-16-7-10-4-3-5-11(17-10)18-8-12(13,14)15/h3-5,9,16H,6-8H2,1-2H3. The highest BCUT2D eigenvalue weighted by molar-refractivity contribution is 5.15. The molecule has 0 spiro atoms. The predicted molar refractivity (Wildman–Crippen MR) is 62.3 cm³/mol. The van der Waals surface area contributed by atoms with Crippen LogP contribution in [0.3, 0.4) is 0 Å². The Labute approximate surface area is 104 Å². The van der Waals surface area contributed by atoms with Crippen molar-refractivity contribution in [2.75, 3.05) is 13.2 Å². The molecule has 0 aliphatic carbocycles. The fourth-order valence-corrected chi connectivity index (χ4v) is 1.28. The first kappa shape index (κ1) is 14.8. The summed E-state index contributed by atoms with van der Waals surface area (Å²) in [4.78, 5) is 3.99. The van der Waals surface area contributed by atoms with E-state index in [0.29, 0.717) is 18.2 Å². The zero-order valence-electron chi connectivity index (χ0n) is 10.4. The van der Waals surface area contributed by atoms with Gasteiger partial charge < -0.3 is 10.1 Å². The number of nitrogens with zero attached hydrogens (tertiary/aromatic N) is 1. The fraction of sp³-hybridized carbons (Fsp3) is 0.583. The van der Waals surface area contributed by atoms with E-state index in [0.717, 1.165) is 6.54 Å². The molecule has 0 aromatic carbocycles. The minimum Gasteiger partial charge on any atom is -0.468 e. The SMILES string of the molecule is CC(C)CNCc1cccc(OCC(F)(F)F)n1. The van der Waals surface area contributed by atoms with Crippen molar-refractivity contribution in [2.24, 2.45) is 5.92 Å². The van der Waals surface area contributed by atoms with Gasteiger partial charge in [0.05, 0.1) is 5.69 Å². The first-order valence-electron chi connectivity index (χ1n) is 5.73. The van der Waals surface area contributed by atoms with Gasteiger partial charge in [-0.1, -0.05) is 19.9 Å². The Morgan fingerprint density at radius 2 is 2.06 bits per heavy atom. The van der Waals surface area contributed by atoms with Crippen molar-refractivity contribution in [2.45, 2.75) is 26.6 Å². The molecule has 1 rings (SSSR count). The smallest absolute Gasteiger partial charge is 0.422 e. The summed E-state index contributed by atoms with van der Waals surface area (Å²) in [7, 11) is 0. The lowest BCUT2D eigenvalue weighted by molar-refractivity contribution is -0.154. The molecular formula is C12H17F3N2O. The maximum absolute atomic E-state index is 12.0. The molecule has 0 saturated carbocycles. The minimum absolute atomic E-state index is 0.00354. The van der Waals surface area contributed by atoms with Crippen LogP contribution in [0.5, 0.6) is 5.88 Å². The van der Waals surface area contributed by atoms with Gasteiger partial charge in [0, 0.05) is 12.6 Å². The van der Waals surface area contributed by atoms with Gasteiger partial charge in [-0.15, -0.1) is 0 Å². The van der Waals surface area contributed by atoms with Crippen molar-refractivity contribution in [1.82, 2.24) is 10.3 Å². The molecule has 0 aliphatic heterocycles. The van der Waals surface area contributed by atoms with E-state index in [9.17, 15) is 13.2 Å². The van der Waals surface area contributed by atoms with E-state index in [1.54, 1.807) is 12.1 Å². The van der Waals surface area contributed by atoms with E-state index >= 15 is 0 Å². The van der Waals surface area contributed by atoms with Crippen molar-refractivity contribution >= 4 is 0 Å². The van der Waals surface area contributed by atoms with Crippen molar-refractivity contribution in [1.29, 1.82) is 0 Å². The molecule has 6 heteroatoms. The molecule has 0 atom stereocenters. The van der Waals surface area contributed by atoms with Gasteiger partial charge in [0.15, 0.2) is 6.61 Å². The molecule has 1 heterocycles. The molecule has 0 aliphatic rings. The Morgan fingerprint density at radius 1 is 1.33 bits per heavy atom. The molecule has 102 valence electrons. The first-order chi connectivity index (χ1) is 8.37. The first-order valence-corrected chi connectivity index (χ1v) is 5.73. The van der Waals surface area contributed by atoms with Crippen LogP contribution in [-0.4, -0.2) is 24.3 Å². The van der Waals surface area contributed by atoms with Gasteiger partial charge >= 0.3 is 6.18 Å². The van der Waals surface area contributed by atoms with Gasteiger partial charge in [-0.3, -0.25) is 0 Å². The number of halogens is 3. The fourth-order valence-electron chi connectivity index (χ4n) is 1.28. The number of aromatic nitrogens is 1. The van der Waals surface area contributed by atoms with Crippen molar-refractivity contribution in [3.05, 3.63) is 23.9 Å². The molecule has 0 unspecified atom stereocenters. The summed E-state index contributed by atoms with van der Waals surface area (Å²) in [5, 5.41) is 3.16. The second-order valence-electron chi connectivity index (χ2n) is 4.40. The van der Waals surface area contributed by atoms with E-state index in [4.69, 9.17) is 0 Å². The molecule has 1 N–H and O–H groups in total. The minimum atomic E-state index is -4.34. The number of alkyl halides is 3. The van der Waals surface area contributed by atoms with Crippen LogP contribution in [0.2, 0.25) is 0 Å². The zero-order valence-corrected chi connectivity index (χ0v) is 10.4. The highest BCUT2D eigenvalue weighted by Gasteiger charge is 2.28. The van der Waals surface area contributed by atoms with Crippen LogP contribution in [-0.2, 0) is 6.54 Å². The Balaban J connectivity index is 2.46. The number of ether oxygens (including phenoxy) is 1. The monoisotopic (exact) mass is 262 g/mol. The molecule has 3 nitrogen and oxygen atoms in total. The summed E-state index contributed by atoms with van der Waals surface area (Å²) in [5.41, 5.74) is 0.662. The van der Waals surface area contributed by atoms with E-state index in [1.165, 1.54) is 6.07 Å². The van der Waals surface area contributed by atoms with E-state index in [-0.39, 0.29) is 5.88 Å². The molecule has 18 heavy (non-hydrogen) atoms. The van der Waals surface area contributed by atoms with E-state index in [2.05, 4.69) is 28.9 Å². The van der Waals surface area contributed by atoms with Crippen LogP contribution < -0.4 is 10.1 Å². The number of nitrogens with one attached hydrogen (secondary N) is 1. The average Bonchev–Trinajstić information content (AvgIpc) is 2.26. The second-order valence-corrected chi connectivity index (χ2v) is 4.40. The lowest BCUT2D eigenvalue weighted by Crippen LogP contribution is -2.21. The van der Waals surface area contributed by atoms with E-state index < -0.39 is 12.8 Å². The van der Waals surface area contributed by atoms with Crippen LogP contribution >= 0.6 is 0 Å². The summed E-state index contributed by atoms with van der Waals surface area (Å²) in [6.45, 7) is 4.17. The third kappa shape index (κ3) is 6.44. The quantitative estimate of drug-likeness (QED) is 0.856. The lowest BCUT2D eigenvalue weighted by atomic mass is 10.2. The van der Waals surface area contributed by atoms with Crippen molar-refractivity contribution in [3.63, 3.8) is 0 Å². The summed E-state index contributed by atoms with van der Waals surface area (Å²) in [6, 6.07) is 4.79. The van der Waals surface area contributed by atoms with Gasteiger partial charge in [-0.05, 0) is 18.5 Å². The normalized spacial score (nSPS) is 11.9. The van der Waals surface area contributed by atoms with Crippen LogP contribution in [0.4, 0.5) is 13.2 Å². The molecule has 0 radical (unpaired) electrons. The van der Waals surface area contributed by atoms with Gasteiger partial charge in [-0.2, -0.15) is 13.2 Å². The number of hydrogen-bond acceptors (Lipinski definition) is 3. The number of rotatable bonds is 6. The van der Waals surface area contributed by atoms with Crippen LogP contribution in [0.15, 0.2) is 18.2 Å². The third-order valence-corrected chi connectivity index (χ3v) is 2.02. The second kappa shape index (κ2) is 6.58. The Kier molecular flexibility index (Phi) is 5.40. The van der Waals surface area contributed by atoms with Gasteiger partial charge in [0.1, 0.15) is 0 Å². The molecule has 0 fully saturated rings. The van der Waals surface area contributed by atoms with Crippen LogP contribution in [0.1, 0.15) is 19.5 Å². The molecule has 1 aromatic rings. The Hall–Kier alpha value is -1.30. The predicted octanol–water partition coefficient (Wildman–Crippen LogP) is 2.77. The van der Waals surface area contributed by atoms with Gasteiger partial charge in [0.2, 0.25) is 5.88 Å². The number of hydrogen-bond donors (Lipinski definition) is 1. The summed E-state index contributed by atoms with van der Waals surface area (Å²) >= 11 is 0. The summed E-state index contributed by atoms with van der Waals surface area (Å²) < 4.78 is 40.5. The number of pyridine rings is 1. The highest BCUT2D eigenvalue weighted by atomic mass is 19.4. The average molecular weight is 262 g/mol. The molecule has 0 amide bonds. The van der Waals surface area contributed by atoms with E-state index in [1.807, 2.05) is 0 Å². The summed E-state index contributed by atoms with van der Waals surface area (Å²) in [6.07, 6.45) is -4.34. The topological polar surface area (TPSA) is 34.1 Å². The maximum Gasteiger partial charge on any atom is 0.422 e. The molecule has 1 aromatic heterocycles. The highest BCUT2D eigenvalue weighted by Crippen LogP contribution is 2.17. The Bertz CT molecular complexity index is 367. The third-order valence-electron chi connectivity index (χ3n) is 2.02. The van der Waals surface area contributed by atoms with Gasteiger partial charge in [-0.25, -0.2) is 4.98 Å². The Morgan fingerprint density at radius 3 is 2.67 bits per heavy atom. The van der Waals surface area contributed by atoms with Crippen LogP contribution in [0.25, 0.3) is 0 Å². The molecule has 0 bridgehead atoms. The lowest BCUT2D eigenvalue weighted by Gasteiger charge is -2.10. The van der Waals surface area contributed by atoms with Crippen LogP contribution in [0, 0.1) is 5.92 Å². The summed E-state index contributed by atoms with van der Waals surface area (Å²) in [5.74, 6) is 0.505. The molecular weight excluding hydrogens is 245 g/mol. The largest absolute Gasteiger partial charge is 0.468 e. The van der Waals surface area contributed by atoms with Gasteiger partial charge in [0.25, 0.3) is 0 Å². The maximum atomic E-state index is 12.0. The molecule has 0 saturated heterocycles. The van der Waals surface area contributed by atoms with Crippen molar-refractivity contribution in [3.8, 4) is 5.88 Å². The zero-order chi connectivity index (χ0) is 13.6. The van der Waals surface area contributed by atoms with Crippen molar-refractivity contribution < 1.29 is 17.9 Å².